The molecule has 29 heavy (non-hydrogen) atoms. The van der Waals surface area contributed by atoms with Gasteiger partial charge in [-0.1, -0.05) is 41.6 Å². The highest BCUT2D eigenvalue weighted by Crippen LogP contribution is 2.35. The Kier molecular flexibility index (Phi) is 5.60. The van der Waals surface area contributed by atoms with Crippen LogP contribution in [-0.2, 0) is 0 Å². The number of hydrogen-bond acceptors (Lipinski definition) is 7. The first-order valence-electron chi connectivity index (χ1n) is 9.06. The molecule has 0 spiro atoms. The fraction of sp³-hybridized carbons (Fsp3) is 0.182. The van der Waals surface area contributed by atoms with Crippen molar-refractivity contribution in [2.75, 3.05) is 12.9 Å². The number of Topliss-reactive ketones (excluding diaryl/α,β-unsaturated/α-hetero) is 1. The number of benzene rings is 2. The lowest BCUT2D eigenvalue weighted by molar-refractivity contribution is 0.102. The number of rotatable bonds is 6. The lowest BCUT2D eigenvalue weighted by Crippen LogP contribution is -2.03. The number of carbonyl (C=O) groups excluding carboxylic acids is 1. The van der Waals surface area contributed by atoms with Crippen LogP contribution in [0.3, 0.4) is 0 Å². The first kappa shape index (κ1) is 19.5. The fourth-order valence-corrected chi connectivity index (χ4v) is 4.72. The second kappa shape index (κ2) is 8.31. The number of methoxy groups -OCH3 is 1. The van der Waals surface area contributed by atoms with Crippen molar-refractivity contribution in [2.45, 2.75) is 18.9 Å². The molecule has 0 aliphatic carbocycles. The van der Waals surface area contributed by atoms with Gasteiger partial charge in [-0.25, -0.2) is 4.98 Å². The summed E-state index contributed by atoms with van der Waals surface area (Å²) in [6.45, 7) is 4.03. The minimum absolute atomic E-state index is 0.0298. The number of thioether (sulfide) groups is 1. The van der Waals surface area contributed by atoms with Crippen molar-refractivity contribution in [1.29, 1.82) is 0 Å². The Morgan fingerprint density at radius 2 is 1.76 bits per heavy atom. The molecule has 0 unspecified atom stereocenters. The predicted octanol–water partition coefficient (Wildman–Crippen LogP) is 5.35. The lowest BCUT2D eigenvalue weighted by Gasteiger charge is -2.06. The molecule has 0 atom stereocenters. The zero-order valence-electron chi connectivity index (χ0n) is 16.3. The molecule has 4 aromatic rings. The summed E-state index contributed by atoms with van der Waals surface area (Å²) in [6.07, 6.45) is 0. The standard InChI is InChI=1S/C22H19N3O2S2/c1-13-4-6-16(7-5-13)19-21-20(23-14(2)29-21)22(25-24-19)28-12-18(26)15-8-10-17(27-3)11-9-15/h4-11H,12H2,1-3H3. The number of hydrogen-bond donors (Lipinski definition) is 0. The molecule has 0 N–H and O–H groups in total. The summed E-state index contributed by atoms with van der Waals surface area (Å²) < 4.78 is 6.14. The number of aryl methyl sites for hydroxylation is 2. The van der Waals surface area contributed by atoms with Crippen LogP contribution >= 0.6 is 23.1 Å². The van der Waals surface area contributed by atoms with Gasteiger partial charge in [-0.3, -0.25) is 4.79 Å². The smallest absolute Gasteiger partial charge is 0.173 e. The van der Waals surface area contributed by atoms with Crippen molar-refractivity contribution < 1.29 is 9.53 Å². The number of aromatic nitrogens is 3. The van der Waals surface area contributed by atoms with Crippen molar-refractivity contribution >= 4 is 39.1 Å². The van der Waals surface area contributed by atoms with Crippen LogP contribution in [0.5, 0.6) is 5.75 Å². The number of thiazole rings is 1. The average molecular weight is 422 g/mol. The summed E-state index contributed by atoms with van der Waals surface area (Å²) in [5, 5.41) is 10.5. The van der Waals surface area contributed by atoms with Crippen LogP contribution in [0, 0.1) is 13.8 Å². The molecule has 2 aromatic carbocycles. The first-order valence-corrected chi connectivity index (χ1v) is 10.9. The minimum Gasteiger partial charge on any atom is -0.497 e. The number of ether oxygens (including phenoxy) is 1. The Bertz CT molecular complexity index is 1170. The van der Waals surface area contributed by atoms with Crippen LogP contribution in [0.4, 0.5) is 0 Å². The van der Waals surface area contributed by atoms with Crippen molar-refractivity contribution in [3.63, 3.8) is 0 Å². The molecular formula is C22H19N3O2S2. The Hall–Kier alpha value is -2.77. The fourth-order valence-electron chi connectivity index (χ4n) is 2.91. The quantitative estimate of drug-likeness (QED) is 0.309. The van der Waals surface area contributed by atoms with E-state index in [2.05, 4.69) is 34.2 Å². The summed E-state index contributed by atoms with van der Waals surface area (Å²) in [4.78, 5) is 17.2. The average Bonchev–Trinajstić information content (AvgIpc) is 3.14. The summed E-state index contributed by atoms with van der Waals surface area (Å²) in [5.74, 6) is 1.03. The van der Waals surface area contributed by atoms with E-state index in [4.69, 9.17) is 4.74 Å². The number of fused-ring (bicyclic) bond motifs is 1. The molecule has 0 saturated carbocycles. The Labute approximate surface area is 177 Å². The van der Waals surface area contributed by atoms with Crippen molar-refractivity contribution in [1.82, 2.24) is 15.2 Å². The summed E-state index contributed by atoms with van der Waals surface area (Å²) in [7, 11) is 1.60. The molecule has 0 amide bonds. The van der Waals surface area contributed by atoms with E-state index in [9.17, 15) is 4.79 Å². The second-order valence-electron chi connectivity index (χ2n) is 6.57. The molecule has 0 fully saturated rings. The molecule has 2 aromatic heterocycles. The van der Waals surface area contributed by atoms with E-state index in [1.807, 2.05) is 19.1 Å². The second-order valence-corrected chi connectivity index (χ2v) is 8.74. The molecule has 0 aliphatic heterocycles. The minimum atomic E-state index is 0.0298. The topological polar surface area (TPSA) is 65.0 Å². The van der Waals surface area contributed by atoms with Gasteiger partial charge in [0.15, 0.2) is 5.78 Å². The van der Waals surface area contributed by atoms with Crippen molar-refractivity contribution in [3.8, 4) is 17.0 Å². The Morgan fingerprint density at radius 3 is 2.45 bits per heavy atom. The molecule has 7 heteroatoms. The zero-order chi connectivity index (χ0) is 20.4. The van der Waals surface area contributed by atoms with Gasteiger partial charge in [-0.15, -0.1) is 21.5 Å². The van der Waals surface area contributed by atoms with Crippen molar-refractivity contribution in [3.05, 3.63) is 64.7 Å². The molecule has 5 nitrogen and oxygen atoms in total. The van der Waals surface area contributed by atoms with Gasteiger partial charge >= 0.3 is 0 Å². The third-order valence-electron chi connectivity index (χ3n) is 4.47. The third-order valence-corrected chi connectivity index (χ3v) is 6.40. The van der Waals surface area contributed by atoms with Gasteiger partial charge in [-0.2, -0.15) is 0 Å². The van der Waals surface area contributed by atoms with Gasteiger partial charge in [0.1, 0.15) is 22.0 Å². The molecule has 146 valence electrons. The first-order chi connectivity index (χ1) is 14.0. The summed E-state index contributed by atoms with van der Waals surface area (Å²) >= 11 is 2.97. The van der Waals surface area contributed by atoms with Crippen LogP contribution in [0.25, 0.3) is 21.5 Å². The SMILES string of the molecule is COc1ccc(C(=O)CSc2nnc(-c3ccc(C)cc3)c3sc(C)nc23)cc1. The number of carbonyl (C=O) groups is 1. The number of ketones is 1. The highest BCUT2D eigenvalue weighted by molar-refractivity contribution is 8.00. The monoisotopic (exact) mass is 421 g/mol. The molecular weight excluding hydrogens is 402 g/mol. The molecule has 2 heterocycles. The zero-order valence-corrected chi connectivity index (χ0v) is 17.9. The van der Waals surface area contributed by atoms with Gasteiger partial charge in [-0.05, 0) is 38.1 Å². The molecule has 0 saturated heterocycles. The van der Waals surface area contributed by atoms with Crippen LogP contribution in [0.15, 0.2) is 53.6 Å². The maximum Gasteiger partial charge on any atom is 0.173 e. The van der Waals surface area contributed by atoms with Crippen LogP contribution in [0.2, 0.25) is 0 Å². The summed E-state index contributed by atoms with van der Waals surface area (Å²) in [5.41, 5.74) is 4.50. The maximum atomic E-state index is 12.6. The van der Waals surface area contributed by atoms with E-state index in [1.165, 1.54) is 17.3 Å². The van der Waals surface area contributed by atoms with E-state index in [0.717, 1.165) is 32.2 Å². The van der Waals surface area contributed by atoms with Gasteiger partial charge in [0, 0.05) is 11.1 Å². The largest absolute Gasteiger partial charge is 0.497 e. The molecule has 0 bridgehead atoms. The van der Waals surface area contributed by atoms with Crippen LogP contribution in [-0.4, -0.2) is 33.8 Å². The normalized spacial score (nSPS) is 11.0. The van der Waals surface area contributed by atoms with Crippen LogP contribution in [0.1, 0.15) is 20.9 Å². The van der Waals surface area contributed by atoms with Crippen molar-refractivity contribution in [2.24, 2.45) is 0 Å². The molecule has 0 radical (unpaired) electrons. The van der Waals surface area contributed by atoms with Gasteiger partial charge in [0.05, 0.1) is 22.6 Å². The Morgan fingerprint density at radius 1 is 1.03 bits per heavy atom. The molecule has 4 rings (SSSR count). The van der Waals surface area contributed by atoms with E-state index >= 15 is 0 Å². The predicted molar refractivity (Wildman–Crippen MR) is 118 cm³/mol. The highest BCUT2D eigenvalue weighted by Gasteiger charge is 2.17. The van der Waals surface area contributed by atoms with E-state index in [-0.39, 0.29) is 11.5 Å². The molecule has 0 aliphatic rings. The van der Waals surface area contributed by atoms with Gasteiger partial charge < -0.3 is 4.74 Å². The van der Waals surface area contributed by atoms with Crippen LogP contribution < -0.4 is 4.74 Å². The van der Waals surface area contributed by atoms with E-state index < -0.39 is 0 Å². The van der Waals surface area contributed by atoms with Gasteiger partial charge in [0.2, 0.25) is 0 Å². The third kappa shape index (κ3) is 4.16. The summed E-state index contributed by atoms with van der Waals surface area (Å²) in [6, 6.07) is 15.3. The highest BCUT2D eigenvalue weighted by atomic mass is 32.2. The lowest BCUT2D eigenvalue weighted by atomic mass is 10.1. The maximum absolute atomic E-state index is 12.6. The van der Waals surface area contributed by atoms with Gasteiger partial charge in [0.25, 0.3) is 0 Å². The Balaban J connectivity index is 1.60. The van der Waals surface area contributed by atoms with E-state index in [0.29, 0.717) is 10.6 Å². The van der Waals surface area contributed by atoms with E-state index in [1.54, 1.807) is 42.7 Å². The number of nitrogens with zero attached hydrogens (tertiary/aromatic N) is 3.